The Bertz CT molecular complexity index is 568. The molecule has 4 atom stereocenters. The SMILES string of the molecule is CCCCC1=NC(C)C2N=C(C)NC23C=CC(OC(C)=O)N13. The Morgan fingerprint density at radius 3 is 2.95 bits per heavy atom. The molecule has 0 saturated heterocycles. The van der Waals surface area contributed by atoms with E-state index in [0.29, 0.717) is 0 Å². The third-order valence-corrected chi connectivity index (χ3v) is 4.46. The molecule has 0 amide bonds. The second-order valence-electron chi connectivity index (χ2n) is 6.23. The lowest BCUT2D eigenvalue weighted by atomic mass is 9.92. The summed E-state index contributed by atoms with van der Waals surface area (Å²) in [7, 11) is 0. The quantitative estimate of drug-likeness (QED) is 0.635. The van der Waals surface area contributed by atoms with Gasteiger partial charge in [-0.15, -0.1) is 0 Å². The highest BCUT2D eigenvalue weighted by Gasteiger charge is 2.57. The molecule has 3 aliphatic rings. The third kappa shape index (κ3) is 2.21. The van der Waals surface area contributed by atoms with Gasteiger partial charge in [0, 0.05) is 13.3 Å². The van der Waals surface area contributed by atoms with E-state index in [1.807, 2.05) is 13.0 Å². The summed E-state index contributed by atoms with van der Waals surface area (Å²) < 4.78 is 5.49. The van der Waals surface area contributed by atoms with Crippen LogP contribution in [0.5, 0.6) is 0 Å². The molecule has 22 heavy (non-hydrogen) atoms. The molecule has 3 rings (SSSR count). The van der Waals surface area contributed by atoms with E-state index < -0.39 is 11.9 Å². The van der Waals surface area contributed by atoms with E-state index in [9.17, 15) is 4.79 Å². The Morgan fingerprint density at radius 2 is 2.27 bits per heavy atom. The Morgan fingerprint density at radius 1 is 1.50 bits per heavy atom. The van der Waals surface area contributed by atoms with Gasteiger partial charge in [0.15, 0.2) is 11.9 Å². The second-order valence-corrected chi connectivity index (χ2v) is 6.23. The maximum atomic E-state index is 11.4. The molecule has 0 aromatic heterocycles. The lowest BCUT2D eigenvalue weighted by Crippen LogP contribution is -2.67. The van der Waals surface area contributed by atoms with Crippen LogP contribution in [-0.2, 0) is 9.53 Å². The van der Waals surface area contributed by atoms with Crippen LogP contribution in [0.15, 0.2) is 22.1 Å². The van der Waals surface area contributed by atoms with Gasteiger partial charge in [0.05, 0.1) is 11.9 Å². The fourth-order valence-corrected chi connectivity index (χ4v) is 3.64. The van der Waals surface area contributed by atoms with Crippen molar-refractivity contribution in [2.24, 2.45) is 9.98 Å². The lowest BCUT2D eigenvalue weighted by Gasteiger charge is -2.47. The Balaban J connectivity index is 1.97. The van der Waals surface area contributed by atoms with Crippen molar-refractivity contribution in [2.75, 3.05) is 0 Å². The highest BCUT2D eigenvalue weighted by Crippen LogP contribution is 2.40. The highest BCUT2D eigenvalue weighted by molar-refractivity contribution is 5.90. The van der Waals surface area contributed by atoms with Crippen molar-refractivity contribution in [3.63, 3.8) is 0 Å². The summed E-state index contributed by atoms with van der Waals surface area (Å²) in [5.41, 5.74) is -0.436. The molecule has 0 bridgehead atoms. The molecule has 4 unspecified atom stereocenters. The van der Waals surface area contributed by atoms with Gasteiger partial charge in [-0.05, 0) is 32.4 Å². The molecule has 1 N–H and O–H groups in total. The number of nitrogens with one attached hydrogen (secondary N) is 1. The van der Waals surface area contributed by atoms with Gasteiger partial charge in [-0.25, -0.2) is 0 Å². The van der Waals surface area contributed by atoms with Gasteiger partial charge in [-0.3, -0.25) is 19.7 Å². The Kier molecular flexibility index (Phi) is 3.70. The summed E-state index contributed by atoms with van der Waals surface area (Å²) in [6.07, 6.45) is 6.67. The molecule has 0 radical (unpaired) electrons. The molecule has 3 aliphatic heterocycles. The largest absolute Gasteiger partial charge is 0.438 e. The molecule has 120 valence electrons. The minimum atomic E-state index is -0.436. The molecule has 6 heteroatoms. The molecule has 0 aromatic rings. The monoisotopic (exact) mass is 304 g/mol. The third-order valence-electron chi connectivity index (χ3n) is 4.46. The zero-order valence-corrected chi connectivity index (χ0v) is 13.7. The van der Waals surface area contributed by atoms with E-state index in [1.54, 1.807) is 0 Å². The number of carbonyl (C=O) groups excluding carboxylic acids is 1. The fourth-order valence-electron chi connectivity index (χ4n) is 3.64. The topological polar surface area (TPSA) is 66.3 Å². The molecule has 0 fully saturated rings. The normalized spacial score (nSPS) is 35.5. The minimum absolute atomic E-state index is 0.00897. The smallest absolute Gasteiger partial charge is 0.304 e. The van der Waals surface area contributed by atoms with E-state index >= 15 is 0 Å². The lowest BCUT2D eigenvalue weighted by molar-refractivity contribution is -0.151. The summed E-state index contributed by atoms with van der Waals surface area (Å²) in [5.74, 6) is 1.62. The zero-order valence-electron chi connectivity index (χ0n) is 13.7. The predicted molar refractivity (Wildman–Crippen MR) is 85.7 cm³/mol. The number of hydrogen-bond donors (Lipinski definition) is 1. The number of nitrogens with zero attached hydrogens (tertiary/aromatic N) is 3. The molecule has 0 saturated carbocycles. The first-order valence-electron chi connectivity index (χ1n) is 8.03. The number of amidine groups is 2. The van der Waals surface area contributed by atoms with Crippen LogP contribution in [0.2, 0.25) is 0 Å². The van der Waals surface area contributed by atoms with Crippen molar-refractivity contribution in [3.8, 4) is 0 Å². The van der Waals surface area contributed by atoms with Gasteiger partial charge in [0.2, 0.25) is 0 Å². The average Bonchev–Trinajstić information content (AvgIpc) is 2.96. The van der Waals surface area contributed by atoms with Gasteiger partial charge in [0.1, 0.15) is 11.9 Å². The second kappa shape index (κ2) is 5.41. The van der Waals surface area contributed by atoms with Gasteiger partial charge in [-0.2, -0.15) is 0 Å². The van der Waals surface area contributed by atoms with E-state index in [1.165, 1.54) is 6.92 Å². The van der Waals surface area contributed by atoms with Gasteiger partial charge in [-0.1, -0.05) is 13.3 Å². The van der Waals surface area contributed by atoms with Gasteiger partial charge in [0.25, 0.3) is 0 Å². The number of ether oxygens (including phenoxy) is 1. The van der Waals surface area contributed by atoms with Crippen LogP contribution >= 0.6 is 0 Å². The van der Waals surface area contributed by atoms with E-state index in [0.717, 1.165) is 30.9 Å². The first-order chi connectivity index (χ1) is 10.5. The van der Waals surface area contributed by atoms with E-state index in [-0.39, 0.29) is 18.1 Å². The van der Waals surface area contributed by atoms with Crippen molar-refractivity contribution in [3.05, 3.63) is 12.2 Å². The molecular weight excluding hydrogens is 280 g/mol. The van der Waals surface area contributed by atoms with Gasteiger partial charge < -0.3 is 10.1 Å². The number of hydrogen-bond acceptors (Lipinski definition) is 6. The van der Waals surface area contributed by atoms with E-state index in [4.69, 9.17) is 14.7 Å². The minimum Gasteiger partial charge on any atom is -0.438 e. The molecule has 0 aromatic carbocycles. The van der Waals surface area contributed by atoms with Crippen LogP contribution in [0.4, 0.5) is 0 Å². The summed E-state index contributed by atoms with van der Waals surface area (Å²) in [4.78, 5) is 23.1. The van der Waals surface area contributed by atoms with Crippen LogP contribution in [0.1, 0.15) is 47.0 Å². The molecule has 1 spiro atoms. The van der Waals surface area contributed by atoms with Crippen molar-refractivity contribution >= 4 is 17.6 Å². The van der Waals surface area contributed by atoms with Crippen LogP contribution < -0.4 is 5.32 Å². The van der Waals surface area contributed by atoms with Gasteiger partial charge >= 0.3 is 5.97 Å². The Labute approximate surface area is 131 Å². The number of unbranched alkanes of at least 4 members (excludes halogenated alkanes) is 1. The number of carbonyl (C=O) groups is 1. The van der Waals surface area contributed by atoms with Crippen LogP contribution in [0.3, 0.4) is 0 Å². The first kappa shape index (κ1) is 15.1. The van der Waals surface area contributed by atoms with Crippen molar-refractivity contribution in [1.82, 2.24) is 10.2 Å². The van der Waals surface area contributed by atoms with Crippen molar-refractivity contribution in [2.45, 2.75) is 70.9 Å². The Hall–Kier alpha value is -1.85. The van der Waals surface area contributed by atoms with Crippen molar-refractivity contribution < 1.29 is 9.53 Å². The van der Waals surface area contributed by atoms with E-state index in [2.05, 4.69) is 30.1 Å². The van der Waals surface area contributed by atoms with Crippen molar-refractivity contribution in [1.29, 1.82) is 0 Å². The summed E-state index contributed by atoms with van der Waals surface area (Å²) in [6, 6.07) is 0.114. The number of rotatable bonds is 4. The molecule has 0 aliphatic carbocycles. The molecule has 3 heterocycles. The zero-order chi connectivity index (χ0) is 15.9. The molecular formula is C16H24N4O2. The van der Waals surface area contributed by atoms with Crippen LogP contribution in [0.25, 0.3) is 0 Å². The predicted octanol–water partition coefficient (Wildman–Crippen LogP) is 1.82. The standard InChI is InChI=1S/C16H24N4O2/c1-5-6-7-13-17-10(2)15-16(19-11(3)18-15)9-8-14(20(13)16)22-12(4)21/h8-10,14-15H,5-7H2,1-4H3,(H,18,19). The maximum Gasteiger partial charge on any atom is 0.304 e. The maximum absolute atomic E-state index is 11.4. The van der Waals surface area contributed by atoms with Crippen LogP contribution in [-0.4, -0.2) is 46.5 Å². The summed E-state index contributed by atoms with van der Waals surface area (Å²) >= 11 is 0. The van der Waals surface area contributed by atoms with Crippen LogP contribution in [0, 0.1) is 0 Å². The number of aliphatic imine (C=N–C) groups is 2. The highest BCUT2D eigenvalue weighted by atomic mass is 16.6. The number of esters is 1. The molecule has 6 nitrogen and oxygen atoms in total. The first-order valence-corrected chi connectivity index (χ1v) is 8.03. The summed E-state index contributed by atoms with van der Waals surface area (Å²) in [6.45, 7) is 7.68. The summed E-state index contributed by atoms with van der Waals surface area (Å²) in [5, 5.41) is 3.49. The average molecular weight is 304 g/mol. The fraction of sp³-hybridized carbons (Fsp3) is 0.688.